The predicted octanol–water partition coefficient (Wildman–Crippen LogP) is 2.33. The first-order valence-corrected chi connectivity index (χ1v) is 6.41. The van der Waals surface area contributed by atoms with Gasteiger partial charge in [-0.15, -0.1) is 0 Å². The number of nitrogens with one attached hydrogen (secondary N) is 1. The Morgan fingerprint density at radius 1 is 1.38 bits per heavy atom. The van der Waals surface area contributed by atoms with Gasteiger partial charge in [0, 0.05) is 16.7 Å². The molecular formula is C12H16INO2. The van der Waals surface area contributed by atoms with Gasteiger partial charge in [-0.25, -0.2) is 0 Å². The molecule has 88 valence electrons. The Balaban J connectivity index is 2.16. The fourth-order valence-electron chi connectivity index (χ4n) is 1.26. The van der Waals surface area contributed by atoms with Gasteiger partial charge in [-0.3, -0.25) is 4.79 Å². The highest BCUT2D eigenvalue weighted by atomic mass is 127. The molecule has 0 aliphatic heterocycles. The lowest BCUT2D eigenvalue weighted by atomic mass is 10.2. The molecule has 1 aromatic rings. The maximum absolute atomic E-state index is 11.0. The Labute approximate surface area is 110 Å². The number of halogens is 1. The maximum Gasteiger partial charge on any atom is 0.307 e. The summed E-state index contributed by atoms with van der Waals surface area (Å²) in [4.78, 5) is 11.0. The summed E-state index contributed by atoms with van der Waals surface area (Å²) in [5.74, 6) is -0.141. The van der Waals surface area contributed by atoms with Crippen molar-refractivity contribution in [1.82, 2.24) is 5.32 Å². The molecule has 0 radical (unpaired) electrons. The van der Waals surface area contributed by atoms with Gasteiger partial charge in [-0.1, -0.05) is 12.1 Å². The zero-order valence-electron chi connectivity index (χ0n) is 9.33. The number of benzene rings is 1. The predicted molar refractivity (Wildman–Crippen MR) is 72.1 cm³/mol. The SMILES string of the molecule is CCOC(=O)CCNCc1ccc(I)cc1. The summed E-state index contributed by atoms with van der Waals surface area (Å²) in [6, 6.07) is 8.31. The second-order valence-electron chi connectivity index (χ2n) is 3.36. The fraction of sp³-hybridized carbons (Fsp3) is 0.417. The van der Waals surface area contributed by atoms with Crippen molar-refractivity contribution < 1.29 is 9.53 Å². The molecule has 0 atom stereocenters. The molecule has 1 N–H and O–H groups in total. The number of hydrogen-bond donors (Lipinski definition) is 1. The largest absolute Gasteiger partial charge is 0.466 e. The number of carbonyl (C=O) groups excluding carboxylic acids is 1. The first kappa shape index (κ1) is 13.4. The van der Waals surface area contributed by atoms with Crippen LogP contribution in [0, 0.1) is 3.57 Å². The molecule has 1 rings (SSSR count). The van der Waals surface area contributed by atoms with E-state index < -0.39 is 0 Å². The van der Waals surface area contributed by atoms with Gasteiger partial charge in [0.1, 0.15) is 0 Å². The minimum atomic E-state index is -0.141. The molecule has 0 aliphatic carbocycles. The molecule has 0 unspecified atom stereocenters. The van der Waals surface area contributed by atoms with Crippen LogP contribution >= 0.6 is 22.6 Å². The topological polar surface area (TPSA) is 38.3 Å². The number of hydrogen-bond acceptors (Lipinski definition) is 3. The lowest BCUT2D eigenvalue weighted by molar-refractivity contribution is -0.142. The second-order valence-corrected chi connectivity index (χ2v) is 4.60. The van der Waals surface area contributed by atoms with Crippen LogP contribution in [0.2, 0.25) is 0 Å². The maximum atomic E-state index is 11.0. The molecular weight excluding hydrogens is 317 g/mol. The molecule has 0 fully saturated rings. The van der Waals surface area contributed by atoms with Crippen LogP contribution in [0.3, 0.4) is 0 Å². The van der Waals surface area contributed by atoms with E-state index in [2.05, 4.69) is 52.2 Å². The summed E-state index contributed by atoms with van der Waals surface area (Å²) in [5, 5.41) is 3.21. The van der Waals surface area contributed by atoms with Crippen LogP contribution in [0.5, 0.6) is 0 Å². The van der Waals surface area contributed by atoms with Crippen LogP contribution < -0.4 is 5.32 Å². The lowest BCUT2D eigenvalue weighted by Gasteiger charge is -2.05. The highest BCUT2D eigenvalue weighted by Crippen LogP contribution is 2.06. The average molecular weight is 333 g/mol. The summed E-state index contributed by atoms with van der Waals surface area (Å²) in [5.41, 5.74) is 1.23. The molecule has 0 saturated heterocycles. The molecule has 1 aromatic carbocycles. The minimum Gasteiger partial charge on any atom is -0.466 e. The minimum absolute atomic E-state index is 0.141. The zero-order valence-corrected chi connectivity index (χ0v) is 11.5. The third-order valence-corrected chi connectivity index (χ3v) is 2.77. The average Bonchev–Trinajstić information content (AvgIpc) is 2.27. The van der Waals surface area contributed by atoms with E-state index >= 15 is 0 Å². The van der Waals surface area contributed by atoms with Gasteiger partial charge in [0.15, 0.2) is 0 Å². The van der Waals surface area contributed by atoms with E-state index in [9.17, 15) is 4.79 Å². The van der Waals surface area contributed by atoms with E-state index in [1.807, 2.05) is 6.92 Å². The van der Waals surface area contributed by atoms with Crippen molar-refractivity contribution in [2.45, 2.75) is 19.9 Å². The molecule has 0 aliphatic rings. The van der Waals surface area contributed by atoms with Crippen molar-refractivity contribution in [1.29, 1.82) is 0 Å². The highest BCUT2D eigenvalue weighted by molar-refractivity contribution is 14.1. The second kappa shape index (κ2) is 7.62. The number of esters is 1. The zero-order chi connectivity index (χ0) is 11.8. The van der Waals surface area contributed by atoms with E-state index in [4.69, 9.17) is 4.74 Å². The molecule has 0 aromatic heterocycles. The van der Waals surface area contributed by atoms with Crippen LogP contribution in [0.25, 0.3) is 0 Å². The Hall–Kier alpha value is -0.620. The van der Waals surface area contributed by atoms with Gasteiger partial charge in [0.05, 0.1) is 13.0 Å². The number of rotatable bonds is 6. The van der Waals surface area contributed by atoms with E-state index in [1.54, 1.807) is 0 Å². The van der Waals surface area contributed by atoms with Gasteiger partial charge in [0.2, 0.25) is 0 Å². The monoisotopic (exact) mass is 333 g/mol. The molecule has 4 heteroatoms. The van der Waals surface area contributed by atoms with Crippen molar-refractivity contribution in [3.63, 3.8) is 0 Å². The molecule has 0 amide bonds. The van der Waals surface area contributed by atoms with Crippen LogP contribution in [-0.2, 0) is 16.1 Å². The molecule has 0 bridgehead atoms. The van der Waals surface area contributed by atoms with Gasteiger partial charge in [0.25, 0.3) is 0 Å². The fourth-order valence-corrected chi connectivity index (χ4v) is 1.62. The number of carbonyl (C=O) groups is 1. The molecule has 0 spiro atoms. The van der Waals surface area contributed by atoms with Crippen molar-refractivity contribution in [2.24, 2.45) is 0 Å². The van der Waals surface area contributed by atoms with Crippen LogP contribution in [-0.4, -0.2) is 19.1 Å². The Morgan fingerprint density at radius 3 is 2.69 bits per heavy atom. The van der Waals surface area contributed by atoms with E-state index in [-0.39, 0.29) is 5.97 Å². The highest BCUT2D eigenvalue weighted by Gasteiger charge is 2.00. The van der Waals surface area contributed by atoms with Crippen molar-refractivity contribution in [2.75, 3.05) is 13.2 Å². The van der Waals surface area contributed by atoms with E-state index in [0.29, 0.717) is 19.6 Å². The summed E-state index contributed by atoms with van der Waals surface area (Å²) in [6.07, 6.45) is 0.429. The van der Waals surface area contributed by atoms with Gasteiger partial charge < -0.3 is 10.1 Å². The standard InChI is InChI=1S/C12H16INO2/c1-2-16-12(15)7-8-14-9-10-3-5-11(13)6-4-10/h3-6,14H,2,7-9H2,1H3. The van der Waals surface area contributed by atoms with Crippen LogP contribution in [0.1, 0.15) is 18.9 Å². The van der Waals surface area contributed by atoms with Gasteiger partial charge in [-0.05, 0) is 47.2 Å². The van der Waals surface area contributed by atoms with E-state index in [0.717, 1.165) is 6.54 Å². The van der Waals surface area contributed by atoms with Gasteiger partial charge >= 0.3 is 5.97 Å². The summed E-state index contributed by atoms with van der Waals surface area (Å²) in [6.45, 7) is 3.72. The molecule has 0 heterocycles. The third-order valence-electron chi connectivity index (χ3n) is 2.05. The Morgan fingerprint density at radius 2 is 2.06 bits per heavy atom. The Kier molecular flexibility index (Phi) is 6.40. The quantitative estimate of drug-likeness (QED) is 0.493. The molecule has 0 saturated carbocycles. The lowest BCUT2D eigenvalue weighted by Crippen LogP contribution is -2.18. The summed E-state index contributed by atoms with van der Waals surface area (Å²) >= 11 is 2.28. The molecule has 3 nitrogen and oxygen atoms in total. The van der Waals surface area contributed by atoms with Gasteiger partial charge in [-0.2, -0.15) is 0 Å². The van der Waals surface area contributed by atoms with Crippen molar-refractivity contribution >= 4 is 28.6 Å². The summed E-state index contributed by atoms with van der Waals surface area (Å²) in [7, 11) is 0. The first-order valence-electron chi connectivity index (χ1n) is 5.33. The van der Waals surface area contributed by atoms with Crippen molar-refractivity contribution in [3.05, 3.63) is 33.4 Å². The number of ether oxygens (including phenoxy) is 1. The smallest absolute Gasteiger partial charge is 0.307 e. The Bertz CT molecular complexity index is 324. The molecule has 16 heavy (non-hydrogen) atoms. The van der Waals surface area contributed by atoms with E-state index in [1.165, 1.54) is 9.13 Å². The third kappa shape index (κ3) is 5.46. The summed E-state index contributed by atoms with van der Waals surface area (Å²) < 4.78 is 6.06. The van der Waals surface area contributed by atoms with Crippen LogP contribution in [0.4, 0.5) is 0 Å². The van der Waals surface area contributed by atoms with Crippen molar-refractivity contribution in [3.8, 4) is 0 Å². The van der Waals surface area contributed by atoms with Crippen LogP contribution in [0.15, 0.2) is 24.3 Å². The normalized spacial score (nSPS) is 10.1. The first-order chi connectivity index (χ1) is 7.72.